The van der Waals surface area contributed by atoms with Crippen LogP contribution in [0, 0.1) is 0 Å². The quantitative estimate of drug-likeness (QED) is 0.670. The molecule has 0 unspecified atom stereocenters. The molecule has 1 aromatic heterocycles. The molecule has 2 aromatic rings. The van der Waals surface area contributed by atoms with E-state index in [0.29, 0.717) is 10.8 Å². The van der Waals surface area contributed by atoms with E-state index in [4.69, 9.17) is 16.3 Å². The molecule has 0 aliphatic carbocycles. The Balaban J connectivity index is 1.90. The fraction of sp³-hybridized carbons (Fsp3) is 0.214. The summed E-state index contributed by atoms with van der Waals surface area (Å²) in [6.45, 7) is 2.19. The average molecular weight is 296 g/mol. The Kier molecular flexibility index (Phi) is 4.82. The van der Waals surface area contributed by atoms with Crippen LogP contribution in [-0.4, -0.2) is 12.5 Å². The van der Waals surface area contributed by atoms with Crippen LogP contribution < -0.4 is 10.1 Å². The number of rotatable bonds is 5. The second kappa shape index (κ2) is 6.59. The maximum atomic E-state index is 10.9. The van der Waals surface area contributed by atoms with Crippen LogP contribution in [-0.2, 0) is 11.2 Å². The molecule has 0 aliphatic rings. The Bertz CT molecular complexity index is 555. The molecule has 2 rings (SSSR count). The molecule has 1 heterocycles. The molecule has 1 N–H and O–H groups in total. The van der Waals surface area contributed by atoms with E-state index in [-0.39, 0.29) is 5.97 Å². The molecular formula is C14H14ClNO2S. The second-order valence-electron chi connectivity index (χ2n) is 3.99. The number of hydrogen-bond donors (Lipinski definition) is 1. The maximum absolute atomic E-state index is 10.9. The zero-order valence-corrected chi connectivity index (χ0v) is 12.1. The molecule has 0 bridgehead atoms. The minimum absolute atomic E-state index is 0.375. The van der Waals surface area contributed by atoms with Gasteiger partial charge in [-0.25, -0.2) is 0 Å². The van der Waals surface area contributed by atoms with Crippen molar-refractivity contribution < 1.29 is 9.53 Å². The highest BCUT2D eigenvalue weighted by atomic mass is 35.5. The number of hydrogen-bond acceptors (Lipinski definition) is 4. The first kappa shape index (κ1) is 13.9. The standard InChI is InChI=1S/C14H14ClNO2S/c1-10(17)18-14-5-4-11(9-13(14)15)16-7-6-12-3-2-8-19-12/h2-5,8-9,16H,6-7H2,1H3. The molecule has 0 spiro atoms. The lowest BCUT2D eigenvalue weighted by Gasteiger charge is -2.08. The zero-order valence-electron chi connectivity index (χ0n) is 10.5. The van der Waals surface area contributed by atoms with E-state index >= 15 is 0 Å². The van der Waals surface area contributed by atoms with Crippen LogP contribution in [0.4, 0.5) is 5.69 Å². The zero-order chi connectivity index (χ0) is 13.7. The summed E-state index contributed by atoms with van der Waals surface area (Å²) < 4.78 is 4.97. The van der Waals surface area contributed by atoms with Crippen LogP contribution in [0.15, 0.2) is 35.7 Å². The van der Waals surface area contributed by atoms with Crippen molar-refractivity contribution in [3.8, 4) is 5.75 Å². The van der Waals surface area contributed by atoms with Gasteiger partial charge < -0.3 is 10.1 Å². The third-order valence-electron chi connectivity index (χ3n) is 2.47. The molecule has 0 atom stereocenters. The van der Waals surface area contributed by atoms with Gasteiger partial charge in [-0.05, 0) is 36.1 Å². The molecule has 0 radical (unpaired) electrons. The Morgan fingerprint density at radius 1 is 1.42 bits per heavy atom. The summed E-state index contributed by atoms with van der Waals surface area (Å²) >= 11 is 7.78. The van der Waals surface area contributed by atoms with E-state index in [1.165, 1.54) is 11.8 Å². The fourth-order valence-corrected chi connectivity index (χ4v) is 2.56. The Morgan fingerprint density at radius 3 is 2.89 bits per heavy atom. The van der Waals surface area contributed by atoms with Crippen molar-refractivity contribution in [3.63, 3.8) is 0 Å². The summed E-state index contributed by atoms with van der Waals surface area (Å²) in [6.07, 6.45) is 0.973. The molecule has 1 aromatic carbocycles. The van der Waals surface area contributed by atoms with E-state index in [1.54, 1.807) is 23.5 Å². The van der Waals surface area contributed by atoms with Gasteiger partial charge in [-0.1, -0.05) is 17.7 Å². The molecule has 5 heteroatoms. The highest BCUT2D eigenvalue weighted by molar-refractivity contribution is 7.09. The lowest BCUT2D eigenvalue weighted by atomic mass is 10.3. The summed E-state index contributed by atoms with van der Waals surface area (Å²) in [5.74, 6) is 0.0123. The molecule has 0 aliphatic heterocycles. The van der Waals surface area contributed by atoms with Crippen molar-refractivity contribution in [2.45, 2.75) is 13.3 Å². The van der Waals surface area contributed by atoms with Gasteiger partial charge in [-0.15, -0.1) is 11.3 Å². The highest BCUT2D eigenvalue weighted by Gasteiger charge is 2.05. The molecule has 0 amide bonds. The number of anilines is 1. The third-order valence-corrected chi connectivity index (χ3v) is 3.70. The van der Waals surface area contributed by atoms with Crippen molar-refractivity contribution in [2.24, 2.45) is 0 Å². The molecule has 0 saturated carbocycles. The maximum Gasteiger partial charge on any atom is 0.308 e. The summed E-state index contributed by atoms with van der Waals surface area (Å²) in [4.78, 5) is 12.2. The number of ether oxygens (including phenoxy) is 1. The molecule has 100 valence electrons. The number of thiophene rings is 1. The Hall–Kier alpha value is -1.52. The van der Waals surface area contributed by atoms with E-state index in [2.05, 4.69) is 16.8 Å². The summed E-state index contributed by atoms with van der Waals surface area (Å²) in [6, 6.07) is 9.46. The topological polar surface area (TPSA) is 38.3 Å². The number of nitrogens with one attached hydrogen (secondary N) is 1. The Morgan fingerprint density at radius 2 is 2.26 bits per heavy atom. The normalized spacial score (nSPS) is 10.2. The first-order chi connectivity index (χ1) is 9.15. The molecular weight excluding hydrogens is 282 g/mol. The SMILES string of the molecule is CC(=O)Oc1ccc(NCCc2cccs2)cc1Cl. The van der Waals surface area contributed by atoms with Crippen molar-refractivity contribution in [1.82, 2.24) is 0 Å². The number of benzene rings is 1. The number of halogens is 1. The third kappa shape index (κ3) is 4.26. The van der Waals surface area contributed by atoms with Gasteiger partial charge in [0.05, 0.1) is 5.02 Å². The lowest BCUT2D eigenvalue weighted by molar-refractivity contribution is -0.131. The van der Waals surface area contributed by atoms with Crippen molar-refractivity contribution in [1.29, 1.82) is 0 Å². The minimum atomic E-state index is -0.375. The van der Waals surface area contributed by atoms with Gasteiger partial charge in [0.25, 0.3) is 0 Å². The van der Waals surface area contributed by atoms with Crippen LogP contribution in [0.2, 0.25) is 5.02 Å². The average Bonchev–Trinajstić information content (AvgIpc) is 2.85. The lowest BCUT2D eigenvalue weighted by Crippen LogP contribution is -2.05. The first-order valence-electron chi connectivity index (χ1n) is 5.89. The minimum Gasteiger partial charge on any atom is -0.425 e. The second-order valence-corrected chi connectivity index (χ2v) is 5.43. The first-order valence-corrected chi connectivity index (χ1v) is 7.15. The molecule has 0 fully saturated rings. The van der Waals surface area contributed by atoms with Gasteiger partial charge in [0.15, 0.2) is 0 Å². The molecule has 19 heavy (non-hydrogen) atoms. The predicted octanol–water partition coefficient (Wildman–Crippen LogP) is 3.98. The summed E-state index contributed by atoms with van der Waals surface area (Å²) in [5.41, 5.74) is 0.914. The molecule has 3 nitrogen and oxygen atoms in total. The van der Waals surface area contributed by atoms with Crippen molar-refractivity contribution in [2.75, 3.05) is 11.9 Å². The van der Waals surface area contributed by atoms with E-state index in [9.17, 15) is 4.79 Å². The van der Waals surface area contributed by atoms with Crippen LogP contribution in [0.1, 0.15) is 11.8 Å². The van der Waals surface area contributed by atoms with Gasteiger partial charge in [-0.3, -0.25) is 4.79 Å². The predicted molar refractivity (Wildman–Crippen MR) is 79.3 cm³/mol. The van der Waals surface area contributed by atoms with Gasteiger partial charge >= 0.3 is 5.97 Å². The van der Waals surface area contributed by atoms with Gasteiger partial charge in [0.1, 0.15) is 5.75 Å². The smallest absolute Gasteiger partial charge is 0.308 e. The largest absolute Gasteiger partial charge is 0.425 e. The van der Waals surface area contributed by atoms with Crippen LogP contribution in [0.5, 0.6) is 5.75 Å². The van der Waals surface area contributed by atoms with Gasteiger partial charge in [0, 0.05) is 24.0 Å². The summed E-state index contributed by atoms with van der Waals surface area (Å²) in [7, 11) is 0. The Labute approximate surface area is 121 Å². The highest BCUT2D eigenvalue weighted by Crippen LogP contribution is 2.27. The fourth-order valence-electron chi connectivity index (χ4n) is 1.63. The number of esters is 1. The van der Waals surface area contributed by atoms with E-state index < -0.39 is 0 Å². The monoisotopic (exact) mass is 295 g/mol. The van der Waals surface area contributed by atoms with Crippen molar-refractivity contribution >= 4 is 34.6 Å². The number of carbonyl (C=O) groups is 1. The van der Waals surface area contributed by atoms with Crippen molar-refractivity contribution in [3.05, 3.63) is 45.6 Å². The van der Waals surface area contributed by atoms with E-state index in [1.807, 2.05) is 12.1 Å². The number of carbonyl (C=O) groups excluding carboxylic acids is 1. The van der Waals surface area contributed by atoms with Crippen LogP contribution in [0.3, 0.4) is 0 Å². The summed E-state index contributed by atoms with van der Waals surface area (Å²) in [5, 5.41) is 5.78. The van der Waals surface area contributed by atoms with E-state index in [0.717, 1.165) is 18.7 Å². The van der Waals surface area contributed by atoms with Gasteiger partial charge in [-0.2, -0.15) is 0 Å². The molecule has 0 saturated heterocycles. The van der Waals surface area contributed by atoms with Gasteiger partial charge in [0.2, 0.25) is 0 Å². The van der Waals surface area contributed by atoms with Crippen LogP contribution >= 0.6 is 22.9 Å². The van der Waals surface area contributed by atoms with Crippen LogP contribution in [0.25, 0.3) is 0 Å².